The number of carbonyl (C=O) groups excluding carboxylic acids is 1. The predicted octanol–water partition coefficient (Wildman–Crippen LogP) is 1.48. The van der Waals surface area contributed by atoms with Crippen molar-refractivity contribution in [2.24, 2.45) is 0 Å². The lowest BCUT2D eigenvalue weighted by Crippen LogP contribution is -2.19. The topological polar surface area (TPSA) is 83.8 Å². The van der Waals surface area contributed by atoms with Crippen LogP contribution in [0.15, 0.2) is 0 Å². The number of ether oxygens (including phenoxy) is 1. The van der Waals surface area contributed by atoms with E-state index < -0.39 is 5.97 Å². The van der Waals surface area contributed by atoms with Crippen molar-refractivity contribution in [3.05, 3.63) is 0 Å². The molecule has 1 rings (SSSR count). The highest BCUT2D eigenvalue weighted by molar-refractivity contribution is 5.70. The Morgan fingerprint density at radius 1 is 1.12 bits per heavy atom. The number of carboxylic acids is 1. The zero-order chi connectivity index (χ0) is 12.7. The summed E-state index contributed by atoms with van der Waals surface area (Å²) in [6, 6.07) is 0. The summed E-state index contributed by atoms with van der Waals surface area (Å²) in [6.45, 7) is 0.123. The van der Waals surface area contributed by atoms with Crippen LogP contribution >= 0.6 is 0 Å². The van der Waals surface area contributed by atoms with Crippen LogP contribution in [0.4, 0.5) is 0 Å². The zero-order valence-corrected chi connectivity index (χ0v) is 9.98. The highest BCUT2D eigenvalue weighted by atomic mass is 16.6. The molecule has 0 heterocycles. The van der Waals surface area contributed by atoms with Crippen molar-refractivity contribution in [3.63, 3.8) is 0 Å². The van der Waals surface area contributed by atoms with Crippen LogP contribution in [-0.2, 0) is 14.3 Å². The fraction of sp³-hybridized carbons (Fsp3) is 0.833. The maximum absolute atomic E-state index is 11.5. The maximum Gasteiger partial charge on any atom is 0.306 e. The van der Waals surface area contributed by atoms with E-state index in [1.54, 1.807) is 0 Å². The van der Waals surface area contributed by atoms with Crippen LogP contribution in [-0.4, -0.2) is 34.4 Å². The number of esters is 1. The first-order valence-corrected chi connectivity index (χ1v) is 6.12. The molecule has 5 nitrogen and oxygen atoms in total. The minimum atomic E-state index is -0.833. The Balaban J connectivity index is 2.10. The van der Waals surface area contributed by atoms with Crippen LogP contribution in [0.1, 0.15) is 51.4 Å². The lowest BCUT2D eigenvalue weighted by atomic mass is 10.1. The van der Waals surface area contributed by atoms with Crippen molar-refractivity contribution >= 4 is 11.9 Å². The summed E-state index contributed by atoms with van der Waals surface area (Å²) >= 11 is 0. The van der Waals surface area contributed by atoms with Gasteiger partial charge in [-0.05, 0) is 38.5 Å². The second-order valence-corrected chi connectivity index (χ2v) is 4.59. The molecule has 98 valence electrons. The number of aliphatic hydroxyl groups excluding tert-OH is 1. The quantitative estimate of drug-likeness (QED) is 0.474. The van der Waals surface area contributed by atoms with Crippen molar-refractivity contribution in [3.8, 4) is 0 Å². The average Bonchev–Trinajstić information content (AvgIpc) is 3.02. The summed E-state index contributed by atoms with van der Waals surface area (Å²) in [7, 11) is 0. The van der Waals surface area contributed by atoms with E-state index in [2.05, 4.69) is 0 Å². The van der Waals surface area contributed by atoms with Gasteiger partial charge in [0, 0.05) is 19.4 Å². The number of hydrogen-bond donors (Lipinski definition) is 2. The molecular weight excluding hydrogens is 224 g/mol. The van der Waals surface area contributed by atoms with Crippen LogP contribution in [0.5, 0.6) is 0 Å². The van der Waals surface area contributed by atoms with E-state index in [0.29, 0.717) is 19.3 Å². The molecule has 0 amide bonds. The van der Waals surface area contributed by atoms with Gasteiger partial charge in [-0.3, -0.25) is 9.59 Å². The molecule has 1 fully saturated rings. The summed E-state index contributed by atoms with van der Waals surface area (Å²) < 4.78 is 5.36. The lowest BCUT2D eigenvalue weighted by molar-refractivity contribution is -0.152. The Bertz CT molecular complexity index is 270. The van der Waals surface area contributed by atoms with Gasteiger partial charge in [-0.15, -0.1) is 0 Å². The van der Waals surface area contributed by atoms with Crippen LogP contribution in [0, 0.1) is 0 Å². The number of aliphatic hydroxyl groups is 1. The molecule has 0 aromatic heterocycles. The van der Waals surface area contributed by atoms with Crippen molar-refractivity contribution in [2.45, 2.75) is 57.0 Å². The van der Waals surface area contributed by atoms with E-state index >= 15 is 0 Å². The van der Waals surface area contributed by atoms with Crippen LogP contribution < -0.4 is 0 Å². The van der Waals surface area contributed by atoms with E-state index in [9.17, 15) is 9.59 Å². The van der Waals surface area contributed by atoms with E-state index in [0.717, 1.165) is 19.3 Å². The number of hydrogen-bond acceptors (Lipinski definition) is 4. The molecule has 0 saturated heterocycles. The Morgan fingerprint density at radius 2 is 1.76 bits per heavy atom. The van der Waals surface area contributed by atoms with Crippen LogP contribution in [0.3, 0.4) is 0 Å². The molecule has 0 aromatic rings. The molecule has 0 atom stereocenters. The Morgan fingerprint density at radius 3 is 2.29 bits per heavy atom. The molecule has 17 heavy (non-hydrogen) atoms. The van der Waals surface area contributed by atoms with E-state index in [1.165, 1.54) is 0 Å². The lowest BCUT2D eigenvalue weighted by Gasteiger charge is -2.15. The molecule has 0 bridgehead atoms. The summed E-state index contributed by atoms with van der Waals surface area (Å²) in [4.78, 5) is 21.7. The van der Waals surface area contributed by atoms with E-state index in [1.807, 2.05) is 0 Å². The fourth-order valence-electron chi connectivity index (χ4n) is 1.78. The second-order valence-electron chi connectivity index (χ2n) is 4.59. The summed E-state index contributed by atoms with van der Waals surface area (Å²) in [5, 5.41) is 17.2. The largest absolute Gasteiger partial charge is 0.481 e. The van der Waals surface area contributed by atoms with Gasteiger partial charge >= 0.3 is 11.9 Å². The maximum atomic E-state index is 11.5. The SMILES string of the molecule is O=C(O)CCCCC(=O)OC1(CCCO)CC1. The zero-order valence-electron chi connectivity index (χ0n) is 9.98. The first kappa shape index (κ1) is 14.0. The number of carboxylic acid groups (broad SMARTS) is 1. The van der Waals surface area contributed by atoms with Crippen LogP contribution in [0.2, 0.25) is 0 Å². The average molecular weight is 244 g/mol. The number of aliphatic carboxylic acids is 1. The molecule has 1 saturated carbocycles. The molecule has 0 aromatic carbocycles. The third kappa shape index (κ3) is 5.68. The van der Waals surface area contributed by atoms with E-state index in [4.69, 9.17) is 14.9 Å². The molecule has 0 radical (unpaired) electrons. The van der Waals surface area contributed by atoms with Gasteiger partial charge in [0.25, 0.3) is 0 Å². The van der Waals surface area contributed by atoms with Gasteiger partial charge in [0.15, 0.2) is 0 Å². The highest BCUT2D eigenvalue weighted by Gasteiger charge is 2.45. The van der Waals surface area contributed by atoms with Gasteiger partial charge in [0.1, 0.15) is 5.60 Å². The Kier molecular flexibility index (Phi) is 5.41. The van der Waals surface area contributed by atoms with Gasteiger partial charge in [0.2, 0.25) is 0 Å². The Labute approximate surface area is 101 Å². The smallest absolute Gasteiger partial charge is 0.306 e. The van der Waals surface area contributed by atoms with Crippen molar-refractivity contribution in [1.29, 1.82) is 0 Å². The molecule has 2 N–H and O–H groups in total. The Hall–Kier alpha value is -1.10. The number of unbranched alkanes of at least 4 members (excludes halogenated alkanes) is 1. The molecule has 0 unspecified atom stereocenters. The molecule has 1 aliphatic rings. The van der Waals surface area contributed by atoms with Crippen molar-refractivity contribution in [1.82, 2.24) is 0 Å². The van der Waals surface area contributed by atoms with E-state index in [-0.39, 0.29) is 31.0 Å². The monoisotopic (exact) mass is 244 g/mol. The van der Waals surface area contributed by atoms with Crippen LogP contribution in [0.25, 0.3) is 0 Å². The first-order chi connectivity index (χ1) is 8.08. The molecular formula is C12H20O5. The van der Waals surface area contributed by atoms with Gasteiger partial charge in [-0.1, -0.05) is 0 Å². The standard InChI is InChI=1S/C12H20O5/c13-9-3-6-12(7-8-12)17-11(16)5-2-1-4-10(14)15/h13H,1-9H2,(H,14,15). The second kappa shape index (κ2) is 6.59. The third-order valence-electron chi connectivity index (χ3n) is 2.95. The highest BCUT2D eigenvalue weighted by Crippen LogP contribution is 2.43. The summed E-state index contributed by atoms with van der Waals surface area (Å²) in [5.41, 5.74) is -0.313. The van der Waals surface area contributed by atoms with Gasteiger partial charge in [0.05, 0.1) is 0 Å². The number of rotatable bonds is 9. The minimum Gasteiger partial charge on any atom is -0.481 e. The molecule has 1 aliphatic carbocycles. The van der Waals surface area contributed by atoms with Gasteiger partial charge in [-0.25, -0.2) is 0 Å². The van der Waals surface area contributed by atoms with Crippen molar-refractivity contribution in [2.75, 3.05) is 6.61 Å². The summed E-state index contributed by atoms with van der Waals surface area (Å²) in [6.07, 6.45) is 4.60. The minimum absolute atomic E-state index is 0.100. The van der Waals surface area contributed by atoms with Crippen molar-refractivity contribution < 1.29 is 24.5 Å². The molecule has 5 heteroatoms. The fourth-order valence-corrected chi connectivity index (χ4v) is 1.78. The van der Waals surface area contributed by atoms with Gasteiger partial charge < -0.3 is 14.9 Å². The molecule has 0 aliphatic heterocycles. The third-order valence-corrected chi connectivity index (χ3v) is 2.95. The molecule has 0 spiro atoms. The summed E-state index contributed by atoms with van der Waals surface area (Å²) in [5.74, 6) is -1.08. The van der Waals surface area contributed by atoms with Gasteiger partial charge in [-0.2, -0.15) is 0 Å². The number of carbonyl (C=O) groups is 2. The first-order valence-electron chi connectivity index (χ1n) is 6.12. The predicted molar refractivity (Wildman–Crippen MR) is 60.5 cm³/mol. The normalized spacial score (nSPS) is 16.5.